The molecule has 0 aromatic heterocycles. The molecule has 1 aromatic carbocycles. The van der Waals surface area contributed by atoms with E-state index in [0.717, 1.165) is 0 Å². The number of fused-ring (bicyclic) bond motifs is 1. The molecule has 1 heterocycles. The van der Waals surface area contributed by atoms with Crippen molar-refractivity contribution >= 4 is 34.7 Å². The zero-order valence-electron chi connectivity index (χ0n) is 14.4. The fourth-order valence-electron chi connectivity index (χ4n) is 2.78. The average Bonchev–Trinajstić information content (AvgIpc) is 2.47. The number of hydrogen-bond donors (Lipinski definition) is 2. The van der Waals surface area contributed by atoms with E-state index in [1.54, 1.807) is 32.0 Å². The zero-order valence-corrected chi connectivity index (χ0v) is 16.5. The topological polar surface area (TPSA) is 134 Å². The minimum atomic E-state index is -4.96. The molecule has 0 bridgehead atoms. The summed E-state index contributed by atoms with van der Waals surface area (Å²) in [5, 5.41) is 2.70. The summed E-state index contributed by atoms with van der Waals surface area (Å²) in [6, 6.07) is 4.08. The van der Waals surface area contributed by atoms with E-state index in [1.165, 1.54) is 6.92 Å². The molecule has 1 unspecified atom stereocenters. The van der Waals surface area contributed by atoms with E-state index in [1.807, 2.05) is 16.3 Å². The van der Waals surface area contributed by atoms with Crippen molar-refractivity contribution in [1.82, 2.24) is 5.32 Å². The van der Waals surface area contributed by atoms with Gasteiger partial charge in [0.25, 0.3) is 24.1 Å². The number of phosphoric acid groups is 1. The Morgan fingerprint density at radius 3 is 2.65 bits per heavy atom. The minimum absolute atomic E-state index is 0.165. The van der Waals surface area contributed by atoms with Crippen LogP contribution in [0.4, 0.5) is 4.79 Å². The second kappa shape index (κ2) is 7.79. The number of carbonyl (C=O) groups excluding carboxylic acids is 2. The van der Waals surface area contributed by atoms with Gasteiger partial charge in [-0.2, -0.15) is 0 Å². The van der Waals surface area contributed by atoms with Crippen molar-refractivity contribution in [2.45, 2.75) is 38.5 Å². The third-order valence-corrected chi connectivity index (χ3v) is 4.47. The van der Waals surface area contributed by atoms with Gasteiger partial charge in [-0.15, -0.1) is 0 Å². The number of nitrogens with one attached hydrogen (secondary N) is 1. The van der Waals surface area contributed by atoms with Crippen molar-refractivity contribution in [2.75, 3.05) is 6.79 Å². The van der Waals surface area contributed by atoms with Gasteiger partial charge in [-0.1, -0.05) is 0 Å². The van der Waals surface area contributed by atoms with Gasteiger partial charge in [0, 0.05) is 11.1 Å². The molecule has 3 atom stereocenters. The number of benzene rings is 1. The van der Waals surface area contributed by atoms with Gasteiger partial charge in [-0.05, 0) is 39.0 Å². The summed E-state index contributed by atoms with van der Waals surface area (Å²) in [6.45, 7) is 4.03. The minimum Gasteiger partial charge on any atom is -0.756 e. The Labute approximate surface area is 158 Å². The predicted molar refractivity (Wildman–Crippen MR) is 88.8 cm³/mol. The molecule has 140 valence electrons. The quantitative estimate of drug-likeness (QED) is 0.311. The summed E-state index contributed by atoms with van der Waals surface area (Å²) in [5.74, 6) is 0.295. The third kappa shape index (κ3) is 5.15. The first-order valence-corrected chi connectivity index (χ1v) is 9.68. The first-order valence-electron chi connectivity index (χ1n) is 7.60. The van der Waals surface area contributed by atoms with Gasteiger partial charge < -0.3 is 29.4 Å². The molecule has 0 spiro atoms. The van der Waals surface area contributed by atoms with Gasteiger partial charge in [0.05, 0.1) is 10.8 Å². The fourth-order valence-corrected chi connectivity index (χ4v) is 3.16. The van der Waals surface area contributed by atoms with Crippen LogP contribution in [-0.4, -0.2) is 50.2 Å². The lowest BCUT2D eigenvalue weighted by Crippen LogP contribution is -2.55. The third-order valence-electron chi connectivity index (χ3n) is 3.87. The van der Waals surface area contributed by atoms with Gasteiger partial charge in [0.1, 0.15) is 17.5 Å². The molecule has 2 radical (unpaired) electrons. The second-order valence-electron chi connectivity index (χ2n) is 6.30. The van der Waals surface area contributed by atoms with Crippen molar-refractivity contribution in [2.24, 2.45) is 0 Å². The van der Waals surface area contributed by atoms with Crippen molar-refractivity contribution in [3.63, 3.8) is 0 Å². The van der Waals surface area contributed by atoms with Gasteiger partial charge in [-0.3, -0.25) is 13.9 Å². The maximum Gasteiger partial charge on any atom is 0.281 e. The molecular formula is C15H18AlNO8P-. The Morgan fingerprint density at radius 1 is 1.46 bits per heavy atom. The summed E-state index contributed by atoms with van der Waals surface area (Å²) in [4.78, 5) is 42.8. The Bertz CT molecular complexity index is 762. The molecule has 1 aliphatic rings. The number of ether oxygens (including phenoxy) is 2. The van der Waals surface area contributed by atoms with Crippen LogP contribution in [0, 0.1) is 0 Å². The summed E-state index contributed by atoms with van der Waals surface area (Å²) >= 11 is 1.98. The molecule has 1 aliphatic heterocycles. The molecule has 0 saturated carbocycles. The Hall–Kier alpha value is -1.24. The first-order chi connectivity index (χ1) is 11.9. The lowest BCUT2D eigenvalue weighted by molar-refractivity contribution is -0.234. The van der Waals surface area contributed by atoms with Crippen LogP contribution in [0.1, 0.15) is 42.7 Å². The Balaban J connectivity index is 2.41. The Morgan fingerprint density at radius 2 is 2.12 bits per heavy atom. The van der Waals surface area contributed by atoms with Crippen LogP contribution in [0.15, 0.2) is 18.2 Å². The number of ketones is 1. The van der Waals surface area contributed by atoms with E-state index in [9.17, 15) is 19.0 Å². The van der Waals surface area contributed by atoms with Crippen LogP contribution < -0.4 is 14.9 Å². The van der Waals surface area contributed by atoms with Crippen molar-refractivity contribution in [3.05, 3.63) is 29.3 Å². The molecule has 26 heavy (non-hydrogen) atoms. The Kier molecular flexibility index (Phi) is 6.31. The summed E-state index contributed by atoms with van der Waals surface area (Å²) < 4.78 is 25.9. The molecule has 2 N–H and O–H groups in total. The molecule has 0 saturated heterocycles. The van der Waals surface area contributed by atoms with Crippen LogP contribution in [0.2, 0.25) is 0 Å². The lowest BCUT2D eigenvalue weighted by Gasteiger charge is -2.44. The molecule has 1 amide bonds. The molecule has 0 fully saturated rings. The number of Topliss-reactive ketones (excluding diaryl/α,β-unsaturated/α-hetero) is 1. The molecule has 1 aromatic rings. The van der Waals surface area contributed by atoms with E-state index in [2.05, 4.69) is 9.84 Å². The van der Waals surface area contributed by atoms with Gasteiger partial charge in [-0.25, -0.2) is 0 Å². The fraction of sp³-hybridized carbons (Fsp3) is 0.467. The summed E-state index contributed by atoms with van der Waals surface area (Å²) in [6.07, 6.45) is -0.867. The van der Waals surface area contributed by atoms with E-state index in [0.29, 0.717) is 16.9 Å². The van der Waals surface area contributed by atoms with Crippen LogP contribution in [-0.2, 0) is 13.8 Å². The van der Waals surface area contributed by atoms with E-state index < -0.39 is 37.1 Å². The molecule has 11 heteroatoms. The summed E-state index contributed by atoms with van der Waals surface area (Å²) in [7, 11) is -4.96. The number of rotatable bonds is 6. The maximum atomic E-state index is 11.7. The molecule has 9 nitrogen and oxygen atoms in total. The van der Waals surface area contributed by atoms with Crippen LogP contribution >= 0.6 is 7.82 Å². The highest BCUT2D eigenvalue weighted by Crippen LogP contribution is 2.42. The highest BCUT2D eigenvalue weighted by atomic mass is 31.2. The number of amides is 1. The number of phosphoric ester groups is 1. The van der Waals surface area contributed by atoms with E-state index in [-0.39, 0.29) is 5.78 Å². The van der Waals surface area contributed by atoms with Gasteiger partial charge >= 0.3 is 0 Å². The van der Waals surface area contributed by atoms with Crippen LogP contribution in [0.3, 0.4) is 0 Å². The molecule has 2 rings (SSSR count). The van der Waals surface area contributed by atoms with E-state index >= 15 is 0 Å². The first kappa shape index (κ1) is 21.1. The second-order valence-corrected chi connectivity index (χ2v) is 8.02. The highest BCUT2D eigenvalue weighted by molar-refractivity contribution is 7.44. The van der Waals surface area contributed by atoms with Crippen molar-refractivity contribution < 1.29 is 37.9 Å². The van der Waals surface area contributed by atoms with Gasteiger partial charge in [0.15, 0.2) is 12.6 Å². The van der Waals surface area contributed by atoms with Crippen LogP contribution in [0.5, 0.6) is 5.75 Å². The normalized spacial score (nSPS) is 23.3. The zero-order chi connectivity index (χ0) is 19.7. The number of hydrogen-bond acceptors (Lipinski definition) is 7. The van der Waals surface area contributed by atoms with Crippen molar-refractivity contribution in [1.29, 1.82) is 0 Å². The largest absolute Gasteiger partial charge is 0.756 e. The van der Waals surface area contributed by atoms with Gasteiger partial charge in [0.2, 0.25) is 0 Å². The van der Waals surface area contributed by atoms with Crippen LogP contribution in [0.25, 0.3) is 0 Å². The highest BCUT2D eigenvalue weighted by Gasteiger charge is 2.45. The smallest absolute Gasteiger partial charge is 0.281 e. The maximum absolute atomic E-state index is 11.7. The number of carbonyl (C=O) groups is 2. The molecular weight excluding hydrogens is 380 g/mol. The SMILES string of the molecule is CC(=O)c1ccc2c(c1)[C@H](N[C](=O)[Al])[C@@H](OCOP(=O)([O-])O)C(C)(C)O2. The van der Waals surface area contributed by atoms with Crippen molar-refractivity contribution in [3.8, 4) is 5.75 Å². The standard InChI is InChI=1S/C15H19NO8P.Al/c1-9(18)10-4-5-12-11(6-10)13(16-7-17)14(15(2,3)24-12)22-8-23-25(19,20)21;/h4-6,13-14H,8H2,1-3H3,(H,16,17)(H2,19,20,21);/p-1/t13-,14+;/m0./s1. The van der Waals surface area contributed by atoms with E-state index in [4.69, 9.17) is 14.4 Å². The molecule has 0 aliphatic carbocycles. The summed E-state index contributed by atoms with van der Waals surface area (Å²) in [5.41, 5.74) is -0.0505. The average molecular weight is 398 g/mol. The predicted octanol–water partition coefficient (Wildman–Crippen LogP) is 0.799. The lowest BCUT2D eigenvalue weighted by atomic mass is 9.85. The monoisotopic (exact) mass is 398 g/mol.